The number of hydrogen-bond acceptors (Lipinski definition) is 2. The van der Waals surface area contributed by atoms with Gasteiger partial charge in [0.25, 0.3) is 5.91 Å². The predicted octanol–water partition coefficient (Wildman–Crippen LogP) is -0.588. The molecule has 3 heteroatoms. The third-order valence-corrected chi connectivity index (χ3v) is 1.72. The summed E-state index contributed by atoms with van der Waals surface area (Å²) in [5.74, 6) is -0.168. The van der Waals surface area contributed by atoms with Crippen molar-refractivity contribution in [3.63, 3.8) is 0 Å². The SMILES string of the molecule is CC1=c2cccnc2=NC1=O. The molecular formula is C8H6N2O. The number of amides is 1. The number of carbonyl (C=O) groups is 1. The Morgan fingerprint density at radius 1 is 1.45 bits per heavy atom. The minimum Gasteiger partial charge on any atom is -0.267 e. The molecule has 54 valence electrons. The van der Waals surface area contributed by atoms with Gasteiger partial charge in [-0.2, -0.15) is 4.99 Å². The van der Waals surface area contributed by atoms with Crippen LogP contribution >= 0.6 is 0 Å². The fourth-order valence-electron chi connectivity index (χ4n) is 1.07. The lowest BCUT2D eigenvalue weighted by Gasteiger charge is -1.82. The Morgan fingerprint density at radius 2 is 2.27 bits per heavy atom. The molecule has 2 rings (SSSR count). The molecule has 0 fully saturated rings. The van der Waals surface area contributed by atoms with Crippen LogP contribution in [0.1, 0.15) is 6.92 Å². The molecule has 1 aromatic heterocycles. The van der Waals surface area contributed by atoms with Crippen molar-refractivity contribution in [1.29, 1.82) is 0 Å². The Hall–Kier alpha value is -1.51. The molecule has 1 aromatic rings. The second-order valence-electron chi connectivity index (χ2n) is 2.42. The molecule has 0 atom stereocenters. The molecule has 2 heterocycles. The van der Waals surface area contributed by atoms with E-state index in [0.717, 1.165) is 5.22 Å². The van der Waals surface area contributed by atoms with Crippen LogP contribution in [0, 0.1) is 0 Å². The van der Waals surface area contributed by atoms with Crippen molar-refractivity contribution < 1.29 is 4.79 Å². The van der Waals surface area contributed by atoms with E-state index >= 15 is 0 Å². The summed E-state index contributed by atoms with van der Waals surface area (Å²) in [7, 11) is 0. The molecule has 0 N–H and O–H groups in total. The van der Waals surface area contributed by atoms with E-state index in [-0.39, 0.29) is 5.91 Å². The third-order valence-electron chi connectivity index (χ3n) is 1.72. The quantitative estimate of drug-likeness (QED) is 0.491. The molecule has 11 heavy (non-hydrogen) atoms. The van der Waals surface area contributed by atoms with Crippen molar-refractivity contribution in [2.45, 2.75) is 6.92 Å². The Bertz CT molecular complexity index is 434. The average molecular weight is 146 g/mol. The number of aromatic nitrogens is 1. The number of pyridine rings is 1. The van der Waals surface area contributed by atoms with Crippen LogP contribution in [-0.2, 0) is 4.79 Å². The first-order chi connectivity index (χ1) is 5.29. The summed E-state index contributed by atoms with van der Waals surface area (Å²) in [4.78, 5) is 18.7. The van der Waals surface area contributed by atoms with Crippen molar-refractivity contribution in [3.8, 4) is 0 Å². The number of rotatable bonds is 0. The standard InChI is InChI=1S/C8H6N2O/c1-5-6-3-2-4-9-7(6)10-8(5)11/h2-4H,1H3. The van der Waals surface area contributed by atoms with Crippen molar-refractivity contribution in [1.82, 2.24) is 4.98 Å². The highest BCUT2D eigenvalue weighted by Gasteiger charge is 2.10. The molecule has 0 aliphatic carbocycles. The monoisotopic (exact) mass is 146 g/mol. The second kappa shape index (κ2) is 1.99. The molecule has 1 amide bonds. The van der Waals surface area contributed by atoms with Gasteiger partial charge in [0.2, 0.25) is 0 Å². The zero-order valence-corrected chi connectivity index (χ0v) is 6.03. The van der Waals surface area contributed by atoms with Crippen LogP contribution in [0.5, 0.6) is 0 Å². The normalized spacial score (nSPS) is 14.6. The van der Waals surface area contributed by atoms with Gasteiger partial charge in [0.1, 0.15) is 0 Å². The highest BCUT2D eigenvalue weighted by Crippen LogP contribution is 1.95. The Labute approximate surface area is 63.1 Å². The minimum absolute atomic E-state index is 0.168. The average Bonchev–Trinajstić information content (AvgIpc) is 2.30. The van der Waals surface area contributed by atoms with Crippen LogP contribution in [0.2, 0.25) is 0 Å². The Kier molecular flexibility index (Phi) is 1.12. The molecular weight excluding hydrogens is 140 g/mol. The molecule has 0 bridgehead atoms. The number of hydrogen-bond donors (Lipinski definition) is 0. The molecule has 0 spiro atoms. The number of nitrogens with zero attached hydrogens (tertiary/aromatic N) is 2. The van der Waals surface area contributed by atoms with Gasteiger partial charge in [-0.15, -0.1) is 0 Å². The fraction of sp³-hybridized carbons (Fsp3) is 0.125. The minimum atomic E-state index is -0.168. The summed E-state index contributed by atoms with van der Waals surface area (Å²) >= 11 is 0. The molecule has 0 unspecified atom stereocenters. The van der Waals surface area contributed by atoms with Gasteiger partial charge in [-0.3, -0.25) is 4.79 Å². The summed E-state index contributed by atoms with van der Waals surface area (Å²) in [5.41, 5.74) is 1.24. The van der Waals surface area contributed by atoms with Gasteiger partial charge in [0, 0.05) is 17.0 Å². The smallest absolute Gasteiger partial charge is 0.267 e. The lowest BCUT2D eigenvalue weighted by Crippen LogP contribution is -2.25. The summed E-state index contributed by atoms with van der Waals surface area (Å²) in [6, 6.07) is 3.66. The van der Waals surface area contributed by atoms with Crippen molar-refractivity contribution in [2.75, 3.05) is 0 Å². The van der Waals surface area contributed by atoms with E-state index in [1.54, 1.807) is 19.2 Å². The van der Waals surface area contributed by atoms with Crippen LogP contribution in [-0.4, -0.2) is 10.9 Å². The van der Waals surface area contributed by atoms with Crippen LogP contribution in [0.15, 0.2) is 23.3 Å². The summed E-state index contributed by atoms with van der Waals surface area (Å²) in [6.07, 6.45) is 1.63. The topological polar surface area (TPSA) is 42.3 Å². The Balaban J connectivity index is 3.00. The van der Waals surface area contributed by atoms with E-state index in [9.17, 15) is 4.79 Å². The summed E-state index contributed by atoms with van der Waals surface area (Å²) < 4.78 is 0. The number of carbonyl (C=O) groups excluding carboxylic acids is 1. The molecule has 1 aliphatic rings. The molecule has 3 nitrogen and oxygen atoms in total. The summed E-state index contributed by atoms with van der Waals surface area (Å²) in [6.45, 7) is 1.76. The Morgan fingerprint density at radius 3 is 3.00 bits per heavy atom. The second-order valence-corrected chi connectivity index (χ2v) is 2.42. The van der Waals surface area contributed by atoms with E-state index in [2.05, 4.69) is 9.98 Å². The van der Waals surface area contributed by atoms with E-state index in [0.29, 0.717) is 11.1 Å². The van der Waals surface area contributed by atoms with Gasteiger partial charge in [0.15, 0.2) is 5.49 Å². The molecule has 0 radical (unpaired) electrons. The largest absolute Gasteiger partial charge is 0.275 e. The van der Waals surface area contributed by atoms with Crippen LogP contribution in [0.3, 0.4) is 0 Å². The van der Waals surface area contributed by atoms with Crippen molar-refractivity contribution >= 4 is 11.5 Å². The molecule has 0 aromatic carbocycles. The van der Waals surface area contributed by atoms with Crippen LogP contribution in [0.25, 0.3) is 5.57 Å². The van der Waals surface area contributed by atoms with Crippen LogP contribution in [0.4, 0.5) is 0 Å². The van der Waals surface area contributed by atoms with Gasteiger partial charge in [-0.25, -0.2) is 4.98 Å². The van der Waals surface area contributed by atoms with E-state index in [1.807, 2.05) is 6.07 Å². The predicted molar refractivity (Wildman–Crippen MR) is 39.1 cm³/mol. The lowest BCUT2D eigenvalue weighted by molar-refractivity contribution is -0.112. The van der Waals surface area contributed by atoms with Gasteiger partial charge >= 0.3 is 0 Å². The van der Waals surface area contributed by atoms with Gasteiger partial charge < -0.3 is 0 Å². The zero-order valence-electron chi connectivity index (χ0n) is 6.03. The van der Waals surface area contributed by atoms with Crippen molar-refractivity contribution in [2.24, 2.45) is 4.99 Å². The number of fused-ring (bicyclic) bond motifs is 1. The highest BCUT2D eigenvalue weighted by atomic mass is 16.1. The summed E-state index contributed by atoms with van der Waals surface area (Å²) in [5, 5.41) is 0.859. The lowest BCUT2D eigenvalue weighted by atomic mass is 10.2. The molecule has 0 saturated heterocycles. The van der Waals surface area contributed by atoms with Gasteiger partial charge in [-0.05, 0) is 19.1 Å². The van der Waals surface area contributed by atoms with Gasteiger partial charge in [0.05, 0.1) is 0 Å². The van der Waals surface area contributed by atoms with Gasteiger partial charge in [-0.1, -0.05) is 0 Å². The maximum absolute atomic E-state index is 11.0. The molecule has 0 saturated carbocycles. The maximum Gasteiger partial charge on any atom is 0.275 e. The third kappa shape index (κ3) is 0.774. The first-order valence-corrected chi connectivity index (χ1v) is 3.34. The van der Waals surface area contributed by atoms with E-state index in [4.69, 9.17) is 0 Å². The van der Waals surface area contributed by atoms with E-state index in [1.165, 1.54) is 0 Å². The van der Waals surface area contributed by atoms with Crippen LogP contribution < -0.4 is 10.7 Å². The maximum atomic E-state index is 11.0. The zero-order chi connectivity index (χ0) is 7.84. The van der Waals surface area contributed by atoms with Crippen molar-refractivity contribution in [3.05, 3.63) is 29.0 Å². The highest BCUT2D eigenvalue weighted by molar-refractivity contribution is 6.14. The first kappa shape index (κ1) is 6.22. The molecule has 1 aliphatic heterocycles. The van der Waals surface area contributed by atoms with E-state index < -0.39 is 0 Å². The fourth-order valence-corrected chi connectivity index (χ4v) is 1.07. The first-order valence-electron chi connectivity index (χ1n) is 3.34.